The lowest BCUT2D eigenvalue weighted by Gasteiger charge is -2.02. The third-order valence-electron chi connectivity index (χ3n) is 5.80. The van der Waals surface area contributed by atoms with Gasteiger partial charge in [-0.25, -0.2) is 19.1 Å². The summed E-state index contributed by atoms with van der Waals surface area (Å²) < 4.78 is 9.13. The van der Waals surface area contributed by atoms with Crippen LogP contribution in [0.1, 0.15) is 11.3 Å². The first-order chi connectivity index (χ1) is 18.2. The molecule has 8 heteroatoms. The van der Waals surface area contributed by atoms with Crippen LogP contribution in [0.15, 0.2) is 122 Å². The highest BCUT2D eigenvalue weighted by Crippen LogP contribution is 2.24. The third kappa shape index (κ3) is 4.57. The van der Waals surface area contributed by atoms with Gasteiger partial charge in [-0.3, -0.25) is 0 Å². The normalized spacial score (nSPS) is 12.1. The molecule has 180 valence electrons. The minimum Gasteiger partial charge on any atom is -0.422 e. The molecule has 3 heterocycles. The maximum Gasteiger partial charge on any atom is 0.345 e. The lowest BCUT2D eigenvalue weighted by atomic mass is 10.1. The zero-order chi connectivity index (χ0) is 25.2. The van der Waals surface area contributed by atoms with E-state index in [1.54, 1.807) is 21.6 Å². The molecule has 0 bridgehead atoms. The first kappa shape index (κ1) is 22.6. The van der Waals surface area contributed by atoms with Crippen LogP contribution in [0.25, 0.3) is 27.9 Å². The molecule has 3 aromatic heterocycles. The molecular weight excluding hydrogens is 482 g/mol. The Bertz CT molecular complexity index is 1860. The minimum absolute atomic E-state index is 0.371. The molecule has 6 rings (SSSR count). The van der Waals surface area contributed by atoms with Crippen LogP contribution in [-0.4, -0.2) is 20.7 Å². The molecule has 0 aliphatic carbocycles. The number of thiazole rings is 1. The van der Waals surface area contributed by atoms with E-state index in [-0.39, 0.29) is 0 Å². The van der Waals surface area contributed by atoms with Gasteiger partial charge in [-0.15, -0.1) is 11.3 Å². The number of aryl methyl sites for hydroxylation is 1. The summed E-state index contributed by atoms with van der Waals surface area (Å²) in [7, 11) is 0. The average Bonchev–Trinajstić information content (AvgIpc) is 3.51. The number of nitrogens with zero attached hydrogens (tertiary/aromatic N) is 5. The van der Waals surface area contributed by atoms with E-state index in [4.69, 9.17) is 19.6 Å². The molecule has 0 spiro atoms. The number of rotatable bonds is 5. The Hall–Kier alpha value is -4.82. The second kappa shape index (κ2) is 9.67. The van der Waals surface area contributed by atoms with Gasteiger partial charge in [-0.2, -0.15) is 10.2 Å². The molecule has 0 N–H and O–H groups in total. The van der Waals surface area contributed by atoms with Gasteiger partial charge < -0.3 is 4.42 Å². The van der Waals surface area contributed by atoms with Gasteiger partial charge in [0.2, 0.25) is 4.80 Å². The Labute approximate surface area is 215 Å². The SMILES string of the molecule is Cc1csc(=Nc2ccccc2)n1N=Cc1cn(-c2ccccc2)nc1-c1cc2ccccc2oc1=O. The van der Waals surface area contributed by atoms with Crippen molar-refractivity contribution < 1.29 is 4.42 Å². The van der Waals surface area contributed by atoms with Crippen LogP contribution in [0.5, 0.6) is 0 Å². The summed E-state index contributed by atoms with van der Waals surface area (Å²) in [5, 5.41) is 12.3. The quantitative estimate of drug-likeness (QED) is 0.216. The first-order valence-electron chi connectivity index (χ1n) is 11.7. The molecule has 3 aromatic carbocycles. The number of para-hydroxylation sites is 3. The van der Waals surface area contributed by atoms with Gasteiger partial charge in [0, 0.05) is 22.5 Å². The van der Waals surface area contributed by atoms with Crippen LogP contribution in [0.2, 0.25) is 0 Å². The molecule has 6 aromatic rings. The van der Waals surface area contributed by atoms with Crippen LogP contribution in [0.3, 0.4) is 0 Å². The Morgan fingerprint density at radius 2 is 1.68 bits per heavy atom. The van der Waals surface area contributed by atoms with Crippen LogP contribution in [0.4, 0.5) is 5.69 Å². The lowest BCUT2D eigenvalue weighted by molar-refractivity contribution is 0.563. The van der Waals surface area contributed by atoms with Gasteiger partial charge in [0.15, 0.2) is 0 Å². The van der Waals surface area contributed by atoms with Gasteiger partial charge in [0.25, 0.3) is 0 Å². The summed E-state index contributed by atoms with van der Waals surface area (Å²) >= 11 is 1.51. The fourth-order valence-corrected chi connectivity index (χ4v) is 4.79. The summed E-state index contributed by atoms with van der Waals surface area (Å²) in [5.74, 6) is 0. The Balaban J connectivity index is 1.50. The van der Waals surface area contributed by atoms with Crippen molar-refractivity contribution in [2.75, 3.05) is 0 Å². The largest absolute Gasteiger partial charge is 0.422 e. The molecule has 0 unspecified atom stereocenters. The summed E-state index contributed by atoms with van der Waals surface area (Å²) in [4.78, 5) is 18.5. The number of aromatic nitrogens is 3. The van der Waals surface area contributed by atoms with Crippen molar-refractivity contribution in [1.82, 2.24) is 14.5 Å². The van der Waals surface area contributed by atoms with Crippen molar-refractivity contribution >= 4 is 34.2 Å². The van der Waals surface area contributed by atoms with E-state index in [1.165, 1.54) is 11.3 Å². The lowest BCUT2D eigenvalue weighted by Crippen LogP contribution is -2.11. The van der Waals surface area contributed by atoms with E-state index in [1.807, 2.05) is 103 Å². The summed E-state index contributed by atoms with van der Waals surface area (Å²) in [5.41, 5.74) is 4.27. The Morgan fingerprint density at radius 1 is 0.946 bits per heavy atom. The maximum atomic E-state index is 13.0. The van der Waals surface area contributed by atoms with Crippen molar-refractivity contribution in [1.29, 1.82) is 0 Å². The molecule has 0 amide bonds. The Kier molecular flexibility index (Phi) is 5.92. The molecule has 0 radical (unpaired) electrons. The monoisotopic (exact) mass is 503 g/mol. The molecule has 0 saturated heterocycles. The van der Waals surface area contributed by atoms with Gasteiger partial charge >= 0.3 is 5.63 Å². The topological polar surface area (TPSA) is 77.7 Å². The van der Waals surface area contributed by atoms with Crippen LogP contribution in [-0.2, 0) is 0 Å². The van der Waals surface area contributed by atoms with E-state index in [0.717, 1.165) is 27.3 Å². The highest BCUT2D eigenvalue weighted by atomic mass is 32.1. The summed E-state index contributed by atoms with van der Waals surface area (Å²) in [6, 6.07) is 28.7. The average molecular weight is 504 g/mol. The van der Waals surface area contributed by atoms with E-state index in [0.29, 0.717) is 22.4 Å². The van der Waals surface area contributed by atoms with Crippen LogP contribution < -0.4 is 10.4 Å². The molecule has 0 fully saturated rings. The van der Waals surface area contributed by atoms with Crippen LogP contribution in [0, 0.1) is 6.92 Å². The fourth-order valence-electron chi connectivity index (χ4n) is 3.97. The predicted octanol–water partition coefficient (Wildman–Crippen LogP) is 5.93. The fraction of sp³-hybridized carbons (Fsp3) is 0.0345. The third-order valence-corrected chi connectivity index (χ3v) is 6.74. The smallest absolute Gasteiger partial charge is 0.345 e. The zero-order valence-corrected chi connectivity index (χ0v) is 20.7. The second-order valence-corrected chi connectivity index (χ2v) is 9.20. The highest BCUT2D eigenvalue weighted by Gasteiger charge is 2.17. The van der Waals surface area contributed by atoms with Gasteiger partial charge in [-0.05, 0) is 43.3 Å². The number of fused-ring (bicyclic) bond motifs is 1. The standard InChI is InChI=1S/C29H21N5O2S/c1-20-19-37-29(31-23-11-4-2-5-12-23)34(20)30-17-22-18-33(24-13-6-3-7-14-24)32-27(22)25-16-21-10-8-9-15-26(21)36-28(25)35/h2-19H,1H3. The molecule has 7 nitrogen and oxygen atoms in total. The summed E-state index contributed by atoms with van der Waals surface area (Å²) in [6.07, 6.45) is 3.57. The zero-order valence-electron chi connectivity index (χ0n) is 19.9. The van der Waals surface area contributed by atoms with E-state index >= 15 is 0 Å². The van der Waals surface area contributed by atoms with E-state index in [2.05, 4.69) is 0 Å². The predicted molar refractivity (Wildman–Crippen MR) is 147 cm³/mol. The number of hydrogen-bond acceptors (Lipinski definition) is 6. The minimum atomic E-state index is -0.453. The van der Waals surface area contributed by atoms with Crippen molar-refractivity contribution in [3.05, 3.63) is 129 Å². The molecule has 37 heavy (non-hydrogen) atoms. The number of benzene rings is 3. The molecule has 0 atom stereocenters. The van der Waals surface area contributed by atoms with E-state index in [9.17, 15) is 4.79 Å². The molecule has 0 aliphatic rings. The van der Waals surface area contributed by atoms with Crippen molar-refractivity contribution in [3.8, 4) is 16.9 Å². The van der Waals surface area contributed by atoms with Crippen molar-refractivity contribution in [3.63, 3.8) is 0 Å². The maximum absolute atomic E-state index is 13.0. The van der Waals surface area contributed by atoms with Crippen LogP contribution >= 0.6 is 11.3 Å². The highest BCUT2D eigenvalue weighted by molar-refractivity contribution is 7.07. The van der Waals surface area contributed by atoms with Crippen molar-refractivity contribution in [2.45, 2.75) is 6.92 Å². The Morgan fingerprint density at radius 3 is 2.49 bits per heavy atom. The first-order valence-corrected chi connectivity index (χ1v) is 12.5. The molecular formula is C29H21N5O2S. The number of hydrogen-bond donors (Lipinski definition) is 0. The van der Waals surface area contributed by atoms with Gasteiger partial charge in [0.1, 0.15) is 11.3 Å². The second-order valence-electron chi connectivity index (χ2n) is 8.36. The molecule has 0 aliphatic heterocycles. The van der Waals surface area contributed by atoms with Gasteiger partial charge in [0.05, 0.1) is 28.8 Å². The van der Waals surface area contributed by atoms with Gasteiger partial charge in [-0.1, -0.05) is 54.6 Å². The summed E-state index contributed by atoms with van der Waals surface area (Å²) in [6.45, 7) is 1.98. The van der Waals surface area contributed by atoms with E-state index < -0.39 is 5.63 Å². The van der Waals surface area contributed by atoms with Crippen molar-refractivity contribution in [2.24, 2.45) is 10.1 Å². The molecule has 0 saturated carbocycles.